The summed E-state index contributed by atoms with van der Waals surface area (Å²) in [5.41, 5.74) is 7.11. The van der Waals surface area contributed by atoms with Gasteiger partial charge in [0.2, 0.25) is 0 Å². The Morgan fingerprint density at radius 1 is 1.71 bits per heavy atom. The zero-order valence-electron chi connectivity index (χ0n) is 8.16. The van der Waals surface area contributed by atoms with Crippen molar-refractivity contribution in [3.63, 3.8) is 0 Å². The van der Waals surface area contributed by atoms with Crippen LogP contribution in [0, 0.1) is 12.3 Å². The molecule has 14 heavy (non-hydrogen) atoms. The molecule has 0 aliphatic carbocycles. The number of nitrogens with two attached hydrogens (primary N) is 1. The van der Waals surface area contributed by atoms with Crippen LogP contribution in [0.25, 0.3) is 0 Å². The minimum Gasteiger partial charge on any atom is -0.477 e. The molecule has 0 fully saturated rings. The fraction of sp³-hybridized carbons (Fsp3) is 0.333. The first-order chi connectivity index (χ1) is 6.43. The maximum absolute atomic E-state index is 10.8. The van der Waals surface area contributed by atoms with Crippen LogP contribution < -0.4 is 5.73 Å². The molecule has 0 aliphatic rings. The van der Waals surface area contributed by atoms with Gasteiger partial charge in [0.1, 0.15) is 5.69 Å². The second-order valence-corrected chi connectivity index (χ2v) is 3.23. The number of aromatic carboxylic acids is 1. The van der Waals surface area contributed by atoms with E-state index < -0.39 is 5.97 Å². The summed E-state index contributed by atoms with van der Waals surface area (Å²) in [6.07, 6.45) is 0.287. The molecule has 1 aromatic rings. The van der Waals surface area contributed by atoms with Crippen molar-refractivity contribution < 1.29 is 9.90 Å². The molecular weight excluding hydrogens is 182 g/mol. The van der Waals surface area contributed by atoms with Gasteiger partial charge in [0.05, 0.1) is 5.84 Å². The smallest absolute Gasteiger partial charge is 0.352 e. The van der Waals surface area contributed by atoms with Crippen LogP contribution in [0.2, 0.25) is 0 Å². The van der Waals surface area contributed by atoms with Crippen molar-refractivity contribution >= 4 is 11.8 Å². The van der Waals surface area contributed by atoms with Crippen LogP contribution in [0.15, 0.2) is 6.07 Å². The SMILES string of the molecule is Cc1cc(C(=O)O)n(C)c1CC(=N)N. The molecule has 1 rings (SSSR count). The normalized spacial score (nSPS) is 10.1. The molecule has 0 amide bonds. The molecule has 0 saturated heterocycles. The summed E-state index contributed by atoms with van der Waals surface area (Å²) in [5, 5.41) is 16.0. The van der Waals surface area contributed by atoms with Gasteiger partial charge in [0, 0.05) is 19.2 Å². The topological polar surface area (TPSA) is 92.1 Å². The highest BCUT2D eigenvalue weighted by molar-refractivity contribution is 5.87. The minimum atomic E-state index is -0.967. The number of aromatic nitrogens is 1. The molecule has 0 bridgehead atoms. The Morgan fingerprint density at radius 3 is 2.64 bits per heavy atom. The molecule has 0 atom stereocenters. The van der Waals surface area contributed by atoms with E-state index in [2.05, 4.69) is 0 Å². The van der Waals surface area contributed by atoms with Gasteiger partial charge < -0.3 is 15.4 Å². The van der Waals surface area contributed by atoms with Crippen molar-refractivity contribution in [1.82, 2.24) is 4.57 Å². The van der Waals surface area contributed by atoms with E-state index in [0.29, 0.717) is 0 Å². The number of hydrogen-bond donors (Lipinski definition) is 3. The van der Waals surface area contributed by atoms with Crippen LogP contribution >= 0.6 is 0 Å². The predicted octanol–water partition coefficient (Wildman–Crippen LogP) is 0.510. The number of carboxylic acid groups (broad SMARTS) is 1. The van der Waals surface area contributed by atoms with Gasteiger partial charge in [-0.2, -0.15) is 0 Å². The number of carboxylic acids is 1. The zero-order chi connectivity index (χ0) is 10.9. The van der Waals surface area contributed by atoms with E-state index >= 15 is 0 Å². The lowest BCUT2D eigenvalue weighted by atomic mass is 10.2. The lowest BCUT2D eigenvalue weighted by Crippen LogP contribution is -2.16. The molecule has 5 heteroatoms. The van der Waals surface area contributed by atoms with E-state index in [1.54, 1.807) is 17.7 Å². The molecule has 0 aromatic carbocycles. The molecule has 0 spiro atoms. The summed E-state index contributed by atoms with van der Waals surface area (Å²) in [4.78, 5) is 10.8. The van der Waals surface area contributed by atoms with Gasteiger partial charge in [-0.15, -0.1) is 0 Å². The summed E-state index contributed by atoms with van der Waals surface area (Å²) in [5.74, 6) is -0.934. The number of nitrogens with one attached hydrogen (secondary N) is 1. The number of aryl methyl sites for hydroxylation is 1. The summed E-state index contributed by atoms with van der Waals surface area (Å²) in [7, 11) is 1.66. The summed E-state index contributed by atoms with van der Waals surface area (Å²) in [6, 6.07) is 1.58. The fourth-order valence-electron chi connectivity index (χ4n) is 1.44. The van der Waals surface area contributed by atoms with E-state index in [9.17, 15) is 4.79 Å². The van der Waals surface area contributed by atoms with Crippen molar-refractivity contribution in [2.24, 2.45) is 12.8 Å². The average molecular weight is 195 g/mol. The number of carbonyl (C=O) groups is 1. The third-order valence-electron chi connectivity index (χ3n) is 2.15. The standard InChI is InChI=1S/C9H13N3O2/c1-5-3-7(9(13)14)12(2)6(5)4-8(10)11/h3H,4H2,1-2H3,(H3,10,11)(H,13,14). The maximum Gasteiger partial charge on any atom is 0.352 e. The van der Waals surface area contributed by atoms with Crippen LogP contribution in [0.1, 0.15) is 21.7 Å². The molecular formula is C9H13N3O2. The van der Waals surface area contributed by atoms with Crippen molar-refractivity contribution in [3.8, 4) is 0 Å². The van der Waals surface area contributed by atoms with Crippen LogP contribution in [0.3, 0.4) is 0 Å². The molecule has 1 aromatic heterocycles. The van der Waals surface area contributed by atoms with E-state index in [0.717, 1.165) is 11.3 Å². The maximum atomic E-state index is 10.8. The predicted molar refractivity (Wildman–Crippen MR) is 52.7 cm³/mol. The monoisotopic (exact) mass is 195 g/mol. The molecule has 76 valence electrons. The van der Waals surface area contributed by atoms with Crippen molar-refractivity contribution in [2.45, 2.75) is 13.3 Å². The van der Waals surface area contributed by atoms with Crippen molar-refractivity contribution in [3.05, 3.63) is 23.0 Å². The van der Waals surface area contributed by atoms with Gasteiger partial charge in [0.15, 0.2) is 0 Å². The highest BCUT2D eigenvalue weighted by Gasteiger charge is 2.14. The van der Waals surface area contributed by atoms with Crippen LogP contribution in [-0.2, 0) is 13.5 Å². The summed E-state index contributed by atoms with van der Waals surface area (Å²) in [6.45, 7) is 1.81. The van der Waals surface area contributed by atoms with E-state index in [1.165, 1.54) is 0 Å². The van der Waals surface area contributed by atoms with E-state index in [4.69, 9.17) is 16.2 Å². The van der Waals surface area contributed by atoms with Gasteiger partial charge in [0.25, 0.3) is 0 Å². The van der Waals surface area contributed by atoms with E-state index in [-0.39, 0.29) is 18.0 Å². The van der Waals surface area contributed by atoms with E-state index in [1.807, 2.05) is 6.92 Å². The second-order valence-electron chi connectivity index (χ2n) is 3.23. The van der Waals surface area contributed by atoms with Crippen LogP contribution in [-0.4, -0.2) is 21.5 Å². The Bertz CT molecular complexity index is 393. The molecule has 1 heterocycles. The molecule has 0 saturated carbocycles. The molecule has 4 N–H and O–H groups in total. The Hall–Kier alpha value is -1.78. The lowest BCUT2D eigenvalue weighted by Gasteiger charge is -2.04. The van der Waals surface area contributed by atoms with Gasteiger partial charge in [-0.05, 0) is 18.6 Å². The molecule has 0 radical (unpaired) electrons. The lowest BCUT2D eigenvalue weighted by molar-refractivity contribution is 0.0686. The quantitative estimate of drug-likeness (QED) is 0.484. The van der Waals surface area contributed by atoms with Crippen molar-refractivity contribution in [1.29, 1.82) is 5.41 Å². The Balaban J connectivity index is 3.17. The highest BCUT2D eigenvalue weighted by atomic mass is 16.4. The first-order valence-corrected chi connectivity index (χ1v) is 4.15. The minimum absolute atomic E-state index is 0.0336. The largest absolute Gasteiger partial charge is 0.477 e. The summed E-state index contributed by atoms with van der Waals surface area (Å²) >= 11 is 0. The fourth-order valence-corrected chi connectivity index (χ4v) is 1.44. The summed E-state index contributed by atoms with van der Waals surface area (Å²) < 4.78 is 1.55. The van der Waals surface area contributed by atoms with Gasteiger partial charge in [-0.1, -0.05) is 0 Å². The first kappa shape index (κ1) is 10.3. The Labute approximate surface area is 81.7 Å². The van der Waals surface area contributed by atoms with Gasteiger partial charge in [-0.3, -0.25) is 5.41 Å². The number of nitrogens with zero attached hydrogens (tertiary/aromatic N) is 1. The molecule has 0 unspecified atom stereocenters. The molecule has 5 nitrogen and oxygen atoms in total. The van der Waals surface area contributed by atoms with Crippen LogP contribution in [0.4, 0.5) is 0 Å². The van der Waals surface area contributed by atoms with Gasteiger partial charge in [-0.25, -0.2) is 4.79 Å². The number of rotatable bonds is 3. The Kier molecular flexibility index (Phi) is 2.60. The highest BCUT2D eigenvalue weighted by Crippen LogP contribution is 2.14. The molecule has 0 aliphatic heterocycles. The van der Waals surface area contributed by atoms with Crippen LogP contribution in [0.5, 0.6) is 0 Å². The zero-order valence-corrected chi connectivity index (χ0v) is 8.16. The number of hydrogen-bond acceptors (Lipinski definition) is 2. The second kappa shape index (κ2) is 3.53. The third-order valence-corrected chi connectivity index (χ3v) is 2.15. The first-order valence-electron chi connectivity index (χ1n) is 4.15. The average Bonchev–Trinajstić information content (AvgIpc) is 2.31. The van der Waals surface area contributed by atoms with Crippen molar-refractivity contribution in [2.75, 3.05) is 0 Å². The third kappa shape index (κ3) is 1.76. The Morgan fingerprint density at radius 2 is 2.29 bits per heavy atom. The number of amidine groups is 1. The van der Waals surface area contributed by atoms with Gasteiger partial charge >= 0.3 is 5.97 Å².